The van der Waals surface area contributed by atoms with Gasteiger partial charge in [-0.1, -0.05) is 30.3 Å². The third-order valence-corrected chi connectivity index (χ3v) is 3.13. The largest absolute Gasteiger partial charge is 0.497 e. The summed E-state index contributed by atoms with van der Waals surface area (Å²) < 4.78 is 10.9. The summed E-state index contributed by atoms with van der Waals surface area (Å²) in [4.78, 5) is 0. The maximum absolute atomic E-state index is 6.14. The molecule has 106 valence electrons. The van der Waals surface area contributed by atoms with Crippen LogP contribution in [0.2, 0.25) is 0 Å². The van der Waals surface area contributed by atoms with Gasteiger partial charge in [-0.25, -0.2) is 0 Å². The molecule has 2 N–H and O–H groups in total. The van der Waals surface area contributed by atoms with Gasteiger partial charge in [0.15, 0.2) is 0 Å². The number of benzene rings is 2. The molecule has 0 fully saturated rings. The number of para-hydroxylation sites is 1. The smallest absolute Gasteiger partial charge is 0.119 e. The van der Waals surface area contributed by atoms with Crippen LogP contribution in [0.1, 0.15) is 12.0 Å². The van der Waals surface area contributed by atoms with Gasteiger partial charge in [0, 0.05) is 6.04 Å². The minimum absolute atomic E-state index is 0.0887. The highest BCUT2D eigenvalue weighted by molar-refractivity contribution is 5.29. The first kappa shape index (κ1) is 14.4. The molecule has 0 bridgehead atoms. The fourth-order valence-corrected chi connectivity index (χ4v) is 2.05. The molecular formula is C17H21NO2. The molecule has 0 heterocycles. The Morgan fingerprint density at radius 1 is 1.00 bits per heavy atom. The molecule has 2 aromatic carbocycles. The molecule has 0 aliphatic rings. The highest BCUT2D eigenvalue weighted by Gasteiger charge is 2.05. The van der Waals surface area contributed by atoms with Crippen LogP contribution in [-0.4, -0.2) is 19.8 Å². The molecular weight excluding hydrogens is 250 g/mol. The molecule has 3 nitrogen and oxygen atoms in total. The normalized spacial score (nSPS) is 11.9. The van der Waals surface area contributed by atoms with Crippen LogP contribution >= 0.6 is 0 Å². The number of nitrogens with two attached hydrogens (primary N) is 1. The number of rotatable bonds is 7. The van der Waals surface area contributed by atoms with Gasteiger partial charge < -0.3 is 15.2 Å². The lowest BCUT2D eigenvalue weighted by atomic mass is 10.0. The quantitative estimate of drug-likeness (QED) is 0.842. The summed E-state index contributed by atoms with van der Waals surface area (Å²) in [7, 11) is 1.67. The standard InChI is InChI=1S/C17H21NO2/c1-19-17-9-5-6-14(13-17)12-15(18)10-11-20-16-7-3-2-4-8-16/h2-9,13,15H,10-12,18H2,1H3. The summed E-state index contributed by atoms with van der Waals surface area (Å²) in [5.41, 5.74) is 7.33. The van der Waals surface area contributed by atoms with Crippen LogP contribution in [0.4, 0.5) is 0 Å². The van der Waals surface area contributed by atoms with Gasteiger partial charge >= 0.3 is 0 Å². The summed E-state index contributed by atoms with van der Waals surface area (Å²) in [6, 6.07) is 17.9. The van der Waals surface area contributed by atoms with Gasteiger partial charge in [-0.05, 0) is 42.7 Å². The monoisotopic (exact) mass is 271 g/mol. The zero-order valence-electron chi connectivity index (χ0n) is 11.8. The molecule has 1 unspecified atom stereocenters. The lowest BCUT2D eigenvalue weighted by Gasteiger charge is -2.13. The van der Waals surface area contributed by atoms with Gasteiger partial charge in [0.05, 0.1) is 13.7 Å². The molecule has 0 saturated carbocycles. The first-order valence-electron chi connectivity index (χ1n) is 6.84. The van der Waals surface area contributed by atoms with E-state index in [0.29, 0.717) is 6.61 Å². The second kappa shape index (κ2) is 7.56. The molecule has 0 amide bonds. The van der Waals surface area contributed by atoms with E-state index in [2.05, 4.69) is 6.07 Å². The van der Waals surface area contributed by atoms with Crippen LogP contribution in [0.15, 0.2) is 54.6 Å². The summed E-state index contributed by atoms with van der Waals surface area (Å²) in [6.07, 6.45) is 1.65. The fraction of sp³-hybridized carbons (Fsp3) is 0.294. The Morgan fingerprint density at radius 2 is 1.75 bits per heavy atom. The molecule has 1 atom stereocenters. The van der Waals surface area contributed by atoms with Crippen LogP contribution in [0.25, 0.3) is 0 Å². The van der Waals surface area contributed by atoms with Crippen molar-refractivity contribution in [3.05, 3.63) is 60.2 Å². The Bertz CT molecular complexity index is 513. The van der Waals surface area contributed by atoms with Crippen molar-refractivity contribution in [2.24, 2.45) is 5.73 Å². The van der Waals surface area contributed by atoms with Gasteiger partial charge in [0.1, 0.15) is 11.5 Å². The second-order valence-corrected chi connectivity index (χ2v) is 4.77. The van der Waals surface area contributed by atoms with Gasteiger partial charge in [-0.15, -0.1) is 0 Å². The average Bonchev–Trinajstić information content (AvgIpc) is 2.48. The van der Waals surface area contributed by atoms with Crippen molar-refractivity contribution in [1.29, 1.82) is 0 Å². The van der Waals surface area contributed by atoms with E-state index >= 15 is 0 Å². The molecule has 0 aliphatic carbocycles. The Labute approximate surface area is 120 Å². The van der Waals surface area contributed by atoms with Gasteiger partial charge in [0.2, 0.25) is 0 Å². The van der Waals surface area contributed by atoms with Gasteiger partial charge in [-0.3, -0.25) is 0 Å². The Hall–Kier alpha value is -2.00. The first-order valence-corrected chi connectivity index (χ1v) is 6.84. The van der Waals surface area contributed by atoms with Crippen molar-refractivity contribution in [1.82, 2.24) is 0 Å². The molecule has 3 heteroatoms. The zero-order chi connectivity index (χ0) is 14.2. The summed E-state index contributed by atoms with van der Waals surface area (Å²) in [5.74, 6) is 1.76. The molecule has 0 radical (unpaired) electrons. The molecule has 0 aromatic heterocycles. The second-order valence-electron chi connectivity index (χ2n) is 4.77. The van der Waals surface area contributed by atoms with E-state index in [1.165, 1.54) is 5.56 Å². The van der Waals surface area contributed by atoms with E-state index in [1.54, 1.807) is 7.11 Å². The molecule has 0 aliphatic heterocycles. The van der Waals surface area contributed by atoms with Crippen molar-refractivity contribution in [2.45, 2.75) is 18.9 Å². The predicted octanol–water partition coefficient (Wildman–Crippen LogP) is 3.03. The Kier molecular flexibility index (Phi) is 5.44. The van der Waals surface area contributed by atoms with E-state index in [1.807, 2.05) is 48.5 Å². The fourth-order valence-electron chi connectivity index (χ4n) is 2.05. The van der Waals surface area contributed by atoms with Crippen LogP contribution in [0.5, 0.6) is 11.5 Å². The van der Waals surface area contributed by atoms with E-state index in [0.717, 1.165) is 24.3 Å². The number of methoxy groups -OCH3 is 1. The molecule has 0 saturated heterocycles. The number of ether oxygens (including phenoxy) is 2. The zero-order valence-corrected chi connectivity index (χ0v) is 11.8. The van der Waals surface area contributed by atoms with Crippen molar-refractivity contribution < 1.29 is 9.47 Å². The van der Waals surface area contributed by atoms with E-state index in [9.17, 15) is 0 Å². The molecule has 2 rings (SSSR count). The summed E-state index contributed by atoms with van der Waals surface area (Å²) >= 11 is 0. The highest BCUT2D eigenvalue weighted by Crippen LogP contribution is 2.14. The van der Waals surface area contributed by atoms with Crippen LogP contribution in [-0.2, 0) is 6.42 Å². The average molecular weight is 271 g/mol. The minimum atomic E-state index is 0.0887. The third-order valence-electron chi connectivity index (χ3n) is 3.13. The van der Waals surface area contributed by atoms with Crippen LogP contribution in [0.3, 0.4) is 0 Å². The Morgan fingerprint density at radius 3 is 2.50 bits per heavy atom. The summed E-state index contributed by atoms with van der Waals surface area (Å²) in [5, 5.41) is 0. The van der Waals surface area contributed by atoms with Crippen molar-refractivity contribution in [2.75, 3.05) is 13.7 Å². The van der Waals surface area contributed by atoms with Crippen molar-refractivity contribution >= 4 is 0 Å². The van der Waals surface area contributed by atoms with E-state index in [-0.39, 0.29) is 6.04 Å². The van der Waals surface area contributed by atoms with Crippen LogP contribution < -0.4 is 15.2 Å². The third kappa shape index (κ3) is 4.59. The van der Waals surface area contributed by atoms with Gasteiger partial charge in [0.25, 0.3) is 0 Å². The Balaban J connectivity index is 1.76. The van der Waals surface area contributed by atoms with Crippen LogP contribution in [0, 0.1) is 0 Å². The highest BCUT2D eigenvalue weighted by atomic mass is 16.5. The minimum Gasteiger partial charge on any atom is -0.497 e. The van der Waals surface area contributed by atoms with Gasteiger partial charge in [-0.2, -0.15) is 0 Å². The SMILES string of the molecule is COc1cccc(CC(N)CCOc2ccccc2)c1. The van der Waals surface area contributed by atoms with Crippen molar-refractivity contribution in [3.8, 4) is 11.5 Å². The topological polar surface area (TPSA) is 44.5 Å². The van der Waals surface area contributed by atoms with Crippen molar-refractivity contribution in [3.63, 3.8) is 0 Å². The van der Waals surface area contributed by atoms with E-state index in [4.69, 9.17) is 15.2 Å². The first-order chi connectivity index (χ1) is 9.78. The number of hydrogen-bond donors (Lipinski definition) is 1. The lowest BCUT2D eigenvalue weighted by Crippen LogP contribution is -2.25. The molecule has 0 spiro atoms. The maximum Gasteiger partial charge on any atom is 0.119 e. The summed E-state index contributed by atoms with van der Waals surface area (Å²) in [6.45, 7) is 0.634. The van der Waals surface area contributed by atoms with E-state index < -0.39 is 0 Å². The lowest BCUT2D eigenvalue weighted by molar-refractivity contribution is 0.297. The maximum atomic E-state index is 6.14. The molecule has 2 aromatic rings. The molecule has 20 heavy (non-hydrogen) atoms. The number of hydrogen-bond acceptors (Lipinski definition) is 3. The predicted molar refractivity (Wildman–Crippen MR) is 81.2 cm³/mol.